The van der Waals surface area contributed by atoms with Crippen LogP contribution in [0.3, 0.4) is 0 Å². The van der Waals surface area contributed by atoms with Crippen molar-refractivity contribution in [2.24, 2.45) is 0 Å². The highest BCUT2D eigenvalue weighted by atomic mass is 32.2. The second kappa shape index (κ2) is 4.16. The van der Waals surface area contributed by atoms with E-state index in [4.69, 9.17) is 0 Å². The largest absolute Gasteiger partial charge is 0.250 e. The average Bonchev–Trinajstić information content (AvgIpc) is 2.23. The van der Waals surface area contributed by atoms with Gasteiger partial charge in [0, 0.05) is 20.1 Å². The molecule has 5 heteroatoms. The summed E-state index contributed by atoms with van der Waals surface area (Å²) in [6, 6.07) is 7.31. The van der Waals surface area contributed by atoms with E-state index in [0.29, 0.717) is 11.3 Å². The minimum absolute atomic E-state index is 0.0923. The van der Waals surface area contributed by atoms with E-state index in [9.17, 15) is 8.42 Å². The minimum atomic E-state index is -3.07. The quantitative estimate of drug-likeness (QED) is 0.783. The summed E-state index contributed by atoms with van der Waals surface area (Å²) in [5, 5.41) is 1.86. The molecule has 0 aliphatic carbocycles. The van der Waals surface area contributed by atoms with Crippen molar-refractivity contribution < 1.29 is 8.42 Å². The van der Waals surface area contributed by atoms with E-state index in [1.165, 1.54) is 0 Å². The molecule has 0 bridgehead atoms. The van der Waals surface area contributed by atoms with Crippen LogP contribution in [0.4, 0.5) is 0 Å². The highest BCUT2D eigenvalue weighted by molar-refractivity contribution is 7.91. The lowest BCUT2D eigenvalue weighted by Crippen LogP contribution is -2.37. The number of sulfone groups is 1. The zero-order valence-corrected chi connectivity index (χ0v) is 10.3. The number of fused-ring (bicyclic) bond motifs is 1. The number of nitrogens with zero attached hydrogens (tertiary/aromatic N) is 1. The van der Waals surface area contributed by atoms with Crippen molar-refractivity contribution in [1.82, 2.24) is 10.4 Å². The summed E-state index contributed by atoms with van der Waals surface area (Å²) in [4.78, 5) is 0.473. The van der Waals surface area contributed by atoms with Gasteiger partial charge in [0.15, 0.2) is 9.84 Å². The van der Waals surface area contributed by atoms with E-state index in [1.54, 1.807) is 12.1 Å². The zero-order chi connectivity index (χ0) is 11.8. The first-order chi connectivity index (χ1) is 7.50. The summed E-state index contributed by atoms with van der Waals surface area (Å²) < 4.78 is 23.7. The van der Waals surface area contributed by atoms with Crippen LogP contribution in [0.1, 0.15) is 18.0 Å². The lowest BCUT2D eigenvalue weighted by atomic mass is 10.0. The van der Waals surface area contributed by atoms with Crippen LogP contribution in [0, 0.1) is 0 Å². The lowest BCUT2D eigenvalue weighted by Gasteiger charge is -2.28. The molecular weight excluding hydrogens is 224 g/mol. The number of hydrogen-bond acceptors (Lipinski definition) is 4. The predicted octanol–water partition coefficient (Wildman–Crippen LogP) is 0.971. The van der Waals surface area contributed by atoms with Crippen molar-refractivity contribution >= 4 is 9.84 Å². The Morgan fingerprint density at radius 1 is 1.31 bits per heavy atom. The van der Waals surface area contributed by atoms with E-state index >= 15 is 0 Å². The molecule has 88 valence electrons. The van der Waals surface area contributed by atoms with Gasteiger partial charge in [0.25, 0.3) is 0 Å². The molecule has 0 aromatic heterocycles. The Bertz CT molecular complexity index is 483. The minimum Gasteiger partial charge on any atom is -0.250 e. The van der Waals surface area contributed by atoms with Crippen LogP contribution >= 0.6 is 0 Å². The van der Waals surface area contributed by atoms with Crippen LogP contribution in [0.2, 0.25) is 0 Å². The van der Waals surface area contributed by atoms with Crippen molar-refractivity contribution in [3.05, 3.63) is 29.8 Å². The standard InChI is InChI=1S/C11H16N2O2S/c1-13(2)12-10-7-8-16(14,15)11-6-4-3-5-9(10)11/h3-6,10,12H,7-8H2,1-2H3. The molecule has 16 heavy (non-hydrogen) atoms. The van der Waals surface area contributed by atoms with Gasteiger partial charge in [0.2, 0.25) is 0 Å². The lowest BCUT2D eigenvalue weighted by molar-refractivity contribution is 0.236. The first kappa shape index (κ1) is 11.6. The Labute approximate surface area is 96.2 Å². The number of hydrogen-bond donors (Lipinski definition) is 1. The molecule has 1 aliphatic rings. The van der Waals surface area contributed by atoms with Gasteiger partial charge < -0.3 is 0 Å². The maximum atomic E-state index is 11.9. The van der Waals surface area contributed by atoms with Crippen LogP contribution in [-0.4, -0.2) is 33.3 Å². The Morgan fingerprint density at radius 3 is 2.69 bits per heavy atom. The highest BCUT2D eigenvalue weighted by Gasteiger charge is 2.29. The third-order valence-electron chi connectivity index (χ3n) is 2.72. The van der Waals surface area contributed by atoms with Crippen molar-refractivity contribution in [1.29, 1.82) is 0 Å². The van der Waals surface area contributed by atoms with Gasteiger partial charge in [-0.2, -0.15) is 0 Å². The smallest absolute Gasteiger partial charge is 0.178 e. The Hall–Kier alpha value is -0.910. The summed E-state index contributed by atoms with van der Waals surface area (Å²) in [5.41, 5.74) is 4.12. The fraction of sp³-hybridized carbons (Fsp3) is 0.455. The Morgan fingerprint density at radius 2 is 2.00 bits per heavy atom. The molecule has 2 rings (SSSR count). The Kier molecular flexibility index (Phi) is 3.01. The van der Waals surface area contributed by atoms with Crippen molar-refractivity contribution in [3.8, 4) is 0 Å². The van der Waals surface area contributed by atoms with Crippen molar-refractivity contribution in [3.63, 3.8) is 0 Å². The molecular formula is C11H16N2O2S. The molecule has 0 saturated carbocycles. The molecule has 1 aliphatic heterocycles. The monoisotopic (exact) mass is 240 g/mol. The second-order valence-corrected chi connectivity index (χ2v) is 6.30. The molecule has 0 amide bonds. The fourth-order valence-electron chi connectivity index (χ4n) is 2.04. The molecule has 1 aromatic rings. The molecule has 0 fully saturated rings. The fourth-order valence-corrected chi connectivity index (χ4v) is 3.66. The topological polar surface area (TPSA) is 49.4 Å². The summed E-state index contributed by atoms with van der Waals surface area (Å²) >= 11 is 0. The summed E-state index contributed by atoms with van der Waals surface area (Å²) in [6.07, 6.45) is 0.623. The van der Waals surface area contributed by atoms with Gasteiger partial charge in [-0.3, -0.25) is 5.01 Å². The maximum absolute atomic E-state index is 11.9. The zero-order valence-electron chi connectivity index (χ0n) is 9.47. The van der Waals surface area contributed by atoms with Crippen molar-refractivity contribution in [2.75, 3.05) is 19.8 Å². The first-order valence-electron chi connectivity index (χ1n) is 5.26. The normalized spacial score (nSPS) is 23.1. The van der Waals surface area contributed by atoms with Crippen LogP contribution in [0.15, 0.2) is 29.2 Å². The average molecular weight is 240 g/mol. The number of hydrazine groups is 1. The predicted molar refractivity (Wildman–Crippen MR) is 62.7 cm³/mol. The van der Waals surface area contributed by atoms with Crippen molar-refractivity contribution in [2.45, 2.75) is 17.4 Å². The van der Waals surface area contributed by atoms with Gasteiger partial charge in [0.05, 0.1) is 10.6 Å². The molecule has 1 heterocycles. The van der Waals surface area contributed by atoms with Crippen LogP contribution < -0.4 is 5.43 Å². The molecule has 4 nitrogen and oxygen atoms in total. The first-order valence-corrected chi connectivity index (χ1v) is 6.91. The van der Waals surface area contributed by atoms with E-state index in [1.807, 2.05) is 31.2 Å². The molecule has 0 radical (unpaired) electrons. The summed E-state index contributed by atoms with van der Waals surface area (Å²) in [6.45, 7) is 0. The van der Waals surface area contributed by atoms with E-state index in [0.717, 1.165) is 5.56 Å². The second-order valence-electron chi connectivity index (χ2n) is 4.22. The molecule has 1 unspecified atom stereocenters. The number of nitrogens with one attached hydrogen (secondary N) is 1. The summed E-state index contributed by atoms with van der Waals surface area (Å²) in [7, 11) is 0.748. The van der Waals surface area contributed by atoms with Gasteiger partial charge in [-0.1, -0.05) is 18.2 Å². The van der Waals surface area contributed by atoms with Gasteiger partial charge in [-0.15, -0.1) is 0 Å². The molecule has 0 spiro atoms. The van der Waals surface area contributed by atoms with Crippen LogP contribution in [0.25, 0.3) is 0 Å². The third kappa shape index (κ3) is 2.11. The van der Waals surface area contributed by atoms with Crippen LogP contribution in [0.5, 0.6) is 0 Å². The van der Waals surface area contributed by atoms with E-state index in [2.05, 4.69) is 5.43 Å². The SMILES string of the molecule is CN(C)NC1CCS(=O)(=O)c2ccccc21. The van der Waals surface area contributed by atoms with Gasteiger partial charge >= 0.3 is 0 Å². The molecule has 1 N–H and O–H groups in total. The highest BCUT2D eigenvalue weighted by Crippen LogP contribution is 2.31. The van der Waals surface area contributed by atoms with E-state index in [-0.39, 0.29) is 11.8 Å². The molecule has 1 atom stereocenters. The van der Waals surface area contributed by atoms with Crippen LogP contribution in [-0.2, 0) is 9.84 Å². The number of rotatable bonds is 2. The van der Waals surface area contributed by atoms with Gasteiger partial charge in [-0.05, 0) is 18.1 Å². The van der Waals surface area contributed by atoms with Gasteiger partial charge in [0.1, 0.15) is 0 Å². The molecule has 1 aromatic carbocycles. The number of benzene rings is 1. The summed E-state index contributed by atoms with van der Waals surface area (Å²) in [5.74, 6) is 0.218. The molecule has 0 saturated heterocycles. The van der Waals surface area contributed by atoms with E-state index < -0.39 is 9.84 Å². The van der Waals surface area contributed by atoms with Gasteiger partial charge in [-0.25, -0.2) is 13.8 Å². The maximum Gasteiger partial charge on any atom is 0.178 e. The Balaban J connectivity index is 2.43. The third-order valence-corrected chi connectivity index (χ3v) is 4.53.